The molecule has 0 saturated heterocycles. The lowest BCUT2D eigenvalue weighted by atomic mass is 10.2. The lowest BCUT2D eigenvalue weighted by Gasteiger charge is -2.17. The molecular weight excluding hydrogens is 435 g/mol. The first-order valence-corrected chi connectivity index (χ1v) is 9.01. The Morgan fingerprint density at radius 3 is 2.29 bits per heavy atom. The van der Waals surface area contributed by atoms with Gasteiger partial charge in [0.25, 0.3) is 0 Å². The molecule has 1 heterocycles. The number of hydrogen-bond donors (Lipinski definition) is 0. The first-order chi connectivity index (χ1) is 14.7. The molecule has 0 fully saturated rings. The molecular formula is C21H13ClF3N3O3. The third kappa shape index (κ3) is 5.43. The third-order valence-electron chi connectivity index (χ3n) is 4.03. The van der Waals surface area contributed by atoms with E-state index in [9.17, 15) is 18.0 Å². The number of hydrogen-bond acceptors (Lipinski definition) is 5. The van der Waals surface area contributed by atoms with E-state index in [-0.39, 0.29) is 22.9 Å². The molecule has 10 heteroatoms. The van der Waals surface area contributed by atoms with Crippen LogP contribution in [0.15, 0.2) is 60.8 Å². The molecule has 3 aromatic rings. The van der Waals surface area contributed by atoms with Crippen LogP contribution < -0.4 is 14.4 Å². The molecule has 3 rings (SSSR count). The number of aromatic nitrogens is 1. The number of rotatable bonds is 4. The van der Waals surface area contributed by atoms with Gasteiger partial charge in [-0.15, -0.1) is 0 Å². The zero-order chi connectivity index (χ0) is 22.6. The van der Waals surface area contributed by atoms with Gasteiger partial charge < -0.3 is 9.47 Å². The van der Waals surface area contributed by atoms with Crippen molar-refractivity contribution in [2.45, 2.75) is 6.18 Å². The molecule has 1 amide bonds. The first-order valence-electron chi connectivity index (χ1n) is 8.64. The summed E-state index contributed by atoms with van der Waals surface area (Å²) in [7, 11) is 1.52. The van der Waals surface area contributed by atoms with Crippen molar-refractivity contribution >= 4 is 23.4 Å². The highest BCUT2D eigenvalue weighted by atomic mass is 35.5. The van der Waals surface area contributed by atoms with E-state index >= 15 is 0 Å². The number of pyridine rings is 1. The van der Waals surface area contributed by atoms with Gasteiger partial charge in [0.2, 0.25) is 0 Å². The fraction of sp³-hybridized carbons (Fsp3) is 0.0952. The summed E-state index contributed by atoms with van der Waals surface area (Å²) in [5.41, 5.74) is -0.777. The van der Waals surface area contributed by atoms with Crippen LogP contribution in [0.4, 0.5) is 23.7 Å². The number of carbonyl (C=O) groups is 1. The minimum Gasteiger partial charge on any atom is -0.454 e. The van der Waals surface area contributed by atoms with E-state index < -0.39 is 17.8 Å². The fourth-order valence-corrected chi connectivity index (χ4v) is 2.53. The average Bonchev–Trinajstić information content (AvgIpc) is 2.74. The third-order valence-corrected chi connectivity index (χ3v) is 4.28. The second-order valence-corrected chi connectivity index (χ2v) is 6.59. The molecule has 0 N–H and O–H groups in total. The number of benzene rings is 2. The van der Waals surface area contributed by atoms with Crippen molar-refractivity contribution in [1.82, 2.24) is 4.98 Å². The van der Waals surface area contributed by atoms with Gasteiger partial charge in [0.15, 0.2) is 11.4 Å². The summed E-state index contributed by atoms with van der Waals surface area (Å²) >= 11 is 5.82. The van der Waals surface area contributed by atoms with Crippen LogP contribution in [-0.2, 0) is 6.18 Å². The minimum absolute atomic E-state index is 0.128. The molecule has 0 unspecified atom stereocenters. The predicted octanol–water partition coefficient (Wildman–Crippen LogP) is 6.05. The van der Waals surface area contributed by atoms with Gasteiger partial charge in [-0.1, -0.05) is 11.6 Å². The number of amides is 1. The van der Waals surface area contributed by atoms with E-state index in [1.807, 2.05) is 0 Å². The summed E-state index contributed by atoms with van der Waals surface area (Å²) in [6.45, 7) is 0. The van der Waals surface area contributed by atoms with Crippen molar-refractivity contribution in [2.75, 3.05) is 11.9 Å². The molecule has 0 atom stereocenters. The summed E-state index contributed by atoms with van der Waals surface area (Å²) in [4.78, 5) is 17.0. The van der Waals surface area contributed by atoms with Crippen LogP contribution in [0.3, 0.4) is 0 Å². The van der Waals surface area contributed by atoms with Crippen molar-refractivity contribution in [3.05, 3.63) is 77.1 Å². The topological polar surface area (TPSA) is 75.5 Å². The summed E-state index contributed by atoms with van der Waals surface area (Å²) in [5.74, 6) is -0.0335. The summed E-state index contributed by atoms with van der Waals surface area (Å²) in [5, 5.41) is 9.58. The van der Waals surface area contributed by atoms with E-state index in [0.29, 0.717) is 23.0 Å². The Balaban J connectivity index is 1.71. The van der Waals surface area contributed by atoms with Crippen molar-refractivity contribution in [1.29, 1.82) is 5.26 Å². The van der Waals surface area contributed by atoms with Crippen LogP contribution in [0.25, 0.3) is 0 Å². The second-order valence-electron chi connectivity index (χ2n) is 6.16. The fourth-order valence-electron chi connectivity index (χ4n) is 2.40. The summed E-state index contributed by atoms with van der Waals surface area (Å²) in [6, 6.07) is 14.5. The smallest absolute Gasteiger partial charge is 0.419 e. The van der Waals surface area contributed by atoms with Crippen molar-refractivity contribution in [3.8, 4) is 23.3 Å². The van der Waals surface area contributed by atoms with E-state index in [0.717, 1.165) is 0 Å². The van der Waals surface area contributed by atoms with Crippen LogP contribution >= 0.6 is 11.6 Å². The van der Waals surface area contributed by atoms with Crippen molar-refractivity contribution in [2.24, 2.45) is 0 Å². The average molecular weight is 448 g/mol. The largest absolute Gasteiger partial charge is 0.454 e. The van der Waals surface area contributed by atoms with Crippen LogP contribution in [0.5, 0.6) is 17.2 Å². The number of alkyl halides is 3. The van der Waals surface area contributed by atoms with Gasteiger partial charge in [-0.05, 0) is 54.6 Å². The minimum atomic E-state index is -4.63. The Morgan fingerprint density at radius 1 is 1.10 bits per heavy atom. The molecule has 158 valence electrons. The molecule has 0 spiro atoms. The Kier molecular flexibility index (Phi) is 6.32. The highest BCUT2D eigenvalue weighted by Gasteiger charge is 2.32. The number of ether oxygens (including phenoxy) is 2. The highest BCUT2D eigenvalue weighted by Crippen LogP contribution is 2.34. The molecule has 0 radical (unpaired) electrons. The van der Waals surface area contributed by atoms with Crippen LogP contribution in [0.2, 0.25) is 5.02 Å². The molecule has 0 aliphatic rings. The summed E-state index contributed by atoms with van der Waals surface area (Å²) < 4.78 is 49.3. The normalized spacial score (nSPS) is 10.8. The number of nitriles is 1. The Hall–Kier alpha value is -3.77. The lowest BCUT2D eigenvalue weighted by Crippen LogP contribution is -2.29. The number of carbonyl (C=O) groups excluding carboxylic acids is 1. The number of nitrogens with zero attached hydrogens (tertiary/aromatic N) is 3. The predicted molar refractivity (Wildman–Crippen MR) is 106 cm³/mol. The van der Waals surface area contributed by atoms with Crippen molar-refractivity contribution in [3.63, 3.8) is 0 Å². The SMILES string of the molecule is CN(C(=O)Oc1ccc(Oc2cc(C(F)(F)F)cnc2C#N)cc1)c1ccc(Cl)cc1. The van der Waals surface area contributed by atoms with Gasteiger partial charge in [-0.2, -0.15) is 18.4 Å². The number of anilines is 1. The standard InChI is InChI=1S/C21H13ClF3N3O3/c1-28(15-4-2-14(22)3-5-15)20(29)31-17-8-6-16(7-9-17)30-19-10-13(21(23,24)25)12-27-18(19)11-26/h2-10,12H,1H3. The van der Waals surface area contributed by atoms with E-state index in [4.69, 9.17) is 26.3 Å². The van der Waals surface area contributed by atoms with E-state index in [1.165, 1.54) is 36.2 Å². The lowest BCUT2D eigenvalue weighted by molar-refractivity contribution is -0.137. The first kappa shape index (κ1) is 21.9. The maximum Gasteiger partial charge on any atom is 0.419 e. The van der Waals surface area contributed by atoms with E-state index in [2.05, 4.69) is 4.98 Å². The molecule has 0 aliphatic heterocycles. The molecule has 6 nitrogen and oxygen atoms in total. The molecule has 0 saturated carbocycles. The quantitative estimate of drug-likeness (QED) is 0.486. The highest BCUT2D eigenvalue weighted by molar-refractivity contribution is 6.30. The maximum atomic E-state index is 12.9. The summed E-state index contributed by atoms with van der Waals surface area (Å²) in [6.07, 6.45) is -4.73. The van der Waals surface area contributed by atoms with Crippen LogP contribution in [0, 0.1) is 11.3 Å². The molecule has 0 bridgehead atoms. The van der Waals surface area contributed by atoms with Gasteiger partial charge in [0.1, 0.15) is 17.6 Å². The molecule has 2 aromatic carbocycles. The molecule has 1 aromatic heterocycles. The zero-order valence-corrected chi connectivity index (χ0v) is 16.6. The Bertz CT molecular complexity index is 1130. The molecule has 31 heavy (non-hydrogen) atoms. The van der Waals surface area contributed by atoms with Crippen molar-refractivity contribution < 1.29 is 27.4 Å². The van der Waals surface area contributed by atoms with E-state index in [1.54, 1.807) is 30.3 Å². The number of halogens is 4. The Morgan fingerprint density at radius 2 is 1.71 bits per heavy atom. The molecule has 0 aliphatic carbocycles. The van der Waals surface area contributed by atoms with Gasteiger partial charge in [0, 0.05) is 24.0 Å². The van der Waals surface area contributed by atoms with Crippen LogP contribution in [0.1, 0.15) is 11.3 Å². The van der Waals surface area contributed by atoms with Gasteiger partial charge in [0.05, 0.1) is 5.56 Å². The van der Waals surface area contributed by atoms with Crippen LogP contribution in [-0.4, -0.2) is 18.1 Å². The van der Waals surface area contributed by atoms with Gasteiger partial charge >= 0.3 is 12.3 Å². The van der Waals surface area contributed by atoms with Gasteiger partial charge in [-0.25, -0.2) is 9.78 Å². The maximum absolute atomic E-state index is 12.9. The monoisotopic (exact) mass is 447 g/mol. The zero-order valence-electron chi connectivity index (χ0n) is 15.9. The Labute approximate surface area is 180 Å². The van der Waals surface area contributed by atoms with Gasteiger partial charge in [-0.3, -0.25) is 4.90 Å². The second kappa shape index (κ2) is 8.93.